The van der Waals surface area contributed by atoms with Gasteiger partial charge in [0.25, 0.3) is 0 Å². The maximum Gasteiger partial charge on any atom is 0.348 e. The second-order valence-electron chi connectivity index (χ2n) is 4.68. The molecular weight excluding hydrogens is 264 g/mol. The Bertz CT molecular complexity index is 803. The number of amides is 1. The summed E-state index contributed by atoms with van der Waals surface area (Å²) >= 11 is 0. The lowest BCUT2D eigenvalue weighted by Crippen LogP contribution is -2.24. The van der Waals surface area contributed by atoms with Gasteiger partial charge in [0.15, 0.2) is 0 Å². The molecule has 3 rings (SSSR count). The van der Waals surface area contributed by atoms with Gasteiger partial charge >= 0.3 is 6.03 Å². The lowest BCUT2D eigenvalue weighted by Gasteiger charge is -2.00. The van der Waals surface area contributed by atoms with Gasteiger partial charge in [0.2, 0.25) is 0 Å². The van der Waals surface area contributed by atoms with Crippen LogP contribution in [0, 0.1) is 6.92 Å². The second kappa shape index (κ2) is 5.58. The fraction of sp³-hybridized carbons (Fsp3) is 0.0625. The van der Waals surface area contributed by atoms with Crippen molar-refractivity contribution in [2.24, 2.45) is 0 Å². The topological polar surface area (TPSA) is 59.8 Å². The van der Waals surface area contributed by atoms with E-state index in [4.69, 9.17) is 0 Å². The highest BCUT2D eigenvalue weighted by Gasteiger charge is 2.09. The van der Waals surface area contributed by atoms with Crippen LogP contribution >= 0.6 is 0 Å². The minimum absolute atomic E-state index is 0.341. The van der Waals surface area contributed by atoms with Gasteiger partial charge in [-0.1, -0.05) is 47.2 Å². The van der Waals surface area contributed by atoms with Crippen LogP contribution < -0.4 is 5.32 Å². The smallest absolute Gasteiger partial charge is 0.313 e. The van der Waals surface area contributed by atoms with Crippen LogP contribution in [0.25, 0.3) is 17.1 Å². The van der Waals surface area contributed by atoms with Crippen LogP contribution in [0.3, 0.4) is 0 Å². The van der Waals surface area contributed by atoms with E-state index in [0.29, 0.717) is 11.0 Å². The Labute approximate surface area is 121 Å². The number of para-hydroxylation sites is 1. The normalized spacial score (nSPS) is 11.1. The van der Waals surface area contributed by atoms with Crippen LogP contribution in [0.1, 0.15) is 11.1 Å². The lowest BCUT2D eigenvalue weighted by molar-refractivity contribution is 0.243. The summed E-state index contributed by atoms with van der Waals surface area (Å²) in [5.74, 6) is 0. The number of carbonyl (C=O) groups excluding carboxylic acids is 1. The van der Waals surface area contributed by atoms with Crippen LogP contribution in [0.5, 0.6) is 0 Å². The standard InChI is InChI=1S/C16H14N4O/c1-12-6-8-13(9-7-12)10-11-17-16(21)20-15-5-3-2-4-14(15)18-19-20/h2-11H,1H3,(H,17,21)/b11-10+. The van der Waals surface area contributed by atoms with Gasteiger partial charge in [-0.05, 0) is 30.7 Å². The number of nitrogens with one attached hydrogen (secondary N) is 1. The van der Waals surface area contributed by atoms with E-state index in [-0.39, 0.29) is 6.03 Å². The highest BCUT2D eigenvalue weighted by molar-refractivity contribution is 5.88. The Morgan fingerprint density at radius 3 is 2.71 bits per heavy atom. The molecule has 1 N–H and O–H groups in total. The molecule has 1 heterocycles. The fourth-order valence-electron chi connectivity index (χ4n) is 1.97. The average molecular weight is 278 g/mol. The van der Waals surface area contributed by atoms with Gasteiger partial charge in [-0.15, -0.1) is 5.10 Å². The van der Waals surface area contributed by atoms with E-state index < -0.39 is 0 Å². The highest BCUT2D eigenvalue weighted by atomic mass is 16.2. The van der Waals surface area contributed by atoms with E-state index in [1.54, 1.807) is 12.3 Å². The zero-order valence-corrected chi connectivity index (χ0v) is 11.5. The maximum absolute atomic E-state index is 12.1. The minimum Gasteiger partial charge on any atom is -0.313 e. The molecule has 5 nitrogen and oxygen atoms in total. The first-order valence-electron chi connectivity index (χ1n) is 6.58. The minimum atomic E-state index is -0.341. The monoisotopic (exact) mass is 278 g/mol. The summed E-state index contributed by atoms with van der Waals surface area (Å²) in [6, 6.07) is 15.0. The molecule has 21 heavy (non-hydrogen) atoms. The molecular formula is C16H14N4O. The first kappa shape index (κ1) is 13.1. The molecule has 5 heteroatoms. The van der Waals surface area contributed by atoms with Crippen molar-refractivity contribution in [2.75, 3.05) is 0 Å². The lowest BCUT2D eigenvalue weighted by atomic mass is 10.1. The molecule has 0 saturated heterocycles. The summed E-state index contributed by atoms with van der Waals surface area (Å²) in [6.45, 7) is 2.03. The van der Waals surface area contributed by atoms with Crippen LogP contribution in [-0.2, 0) is 0 Å². The first-order valence-corrected chi connectivity index (χ1v) is 6.58. The predicted molar refractivity (Wildman–Crippen MR) is 81.7 cm³/mol. The van der Waals surface area contributed by atoms with Crippen molar-refractivity contribution in [1.82, 2.24) is 20.3 Å². The van der Waals surface area contributed by atoms with Crippen molar-refractivity contribution in [3.63, 3.8) is 0 Å². The summed E-state index contributed by atoms with van der Waals surface area (Å²) in [7, 11) is 0. The van der Waals surface area contributed by atoms with Crippen molar-refractivity contribution < 1.29 is 4.79 Å². The van der Waals surface area contributed by atoms with Gasteiger partial charge in [-0.25, -0.2) is 4.79 Å². The molecule has 2 aromatic carbocycles. The number of hydrogen-bond donors (Lipinski definition) is 1. The van der Waals surface area contributed by atoms with Gasteiger partial charge in [-0.2, -0.15) is 4.68 Å². The molecule has 0 saturated carbocycles. The zero-order valence-electron chi connectivity index (χ0n) is 11.5. The fourth-order valence-corrected chi connectivity index (χ4v) is 1.97. The highest BCUT2D eigenvalue weighted by Crippen LogP contribution is 2.09. The molecule has 0 bridgehead atoms. The summed E-state index contributed by atoms with van der Waals surface area (Å²) in [5.41, 5.74) is 3.59. The number of aryl methyl sites for hydroxylation is 1. The largest absolute Gasteiger partial charge is 0.348 e. The molecule has 0 radical (unpaired) electrons. The van der Waals surface area contributed by atoms with Crippen LogP contribution in [-0.4, -0.2) is 21.0 Å². The van der Waals surface area contributed by atoms with E-state index in [1.165, 1.54) is 10.2 Å². The van der Waals surface area contributed by atoms with E-state index >= 15 is 0 Å². The van der Waals surface area contributed by atoms with Gasteiger partial charge in [0, 0.05) is 6.20 Å². The summed E-state index contributed by atoms with van der Waals surface area (Å²) in [4.78, 5) is 12.1. The molecule has 0 spiro atoms. The van der Waals surface area contributed by atoms with Crippen LogP contribution in [0.4, 0.5) is 4.79 Å². The van der Waals surface area contributed by atoms with Gasteiger partial charge in [0.1, 0.15) is 5.52 Å². The van der Waals surface area contributed by atoms with Gasteiger partial charge in [-0.3, -0.25) is 0 Å². The Morgan fingerprint density at radius 1 is 1.14 bits per heavy atom. The Morgan fingerprint density at radius 2 is 1.90 bits per heavy atom. The molecule has 1 amide bonds. The van der Waals surface area contributed by atoms with Crippen molar-refractivity contribution in [2.45, 2.75) is 6.92 Å². The maximum atomic E-state index is 12.1. The molecule has 0 aliphatic carbocycles. The Hall–Kier alpha value is -2.95. The van der Waals surface area contributed by atoms with E-state index in [1.807, 2.05) is 55.5 Å². The van der Waals surface area contributed by atoms with E-state index in [2.05, 4.69) is 15.6 Å². The summed E-state index contributed by atoms with van der Waals surface area (Å²) in [6.07, 6.45) is 3.43. The third-order valence-corrected chi connectivity index (χ3v) is 3.10. The number of carbonyl (C=O) groups is 1. The molecule has 0 aliphatic rings. The number of fused-ring (bicyclic) bond motifs is 1. The number of benzene rings is 2. The predicted octanol–water partition coefficient (Wildman–Crippen LogP) is 2.97. The Kier molecular flexibility index (Phi) is 3.47. The summed E-state index contributed by atoms with van der Waals surface area (Å²) < 4.78 is 1.24. The van der Waals surface area contributed by atoms with E-state index in [9.17, 15) is 4.79 Å². The number of nitrogens with zero attached hydrogens (tertiary/aromatic N) is 3. The number of rotatable bonds is 2. The van der Waals surface area contributed by atoms with Crippen LogP contribution in [0.15, 0.2) is 54.7 Å². The second-order valence-corrected chi connectivity index (χ2v) is 4.68. The van der Waals surface area contributed by atoms with Crippen molar-refractivity contribution in [3.8, 4) is 0 Å². The van der Waals surface area contributed by atoms with Gasteiger partial charge < -0.3 is 5.32 Å². The molecule has 104 valence electrons. The first-order chi connectivity index (χ1) is 10.2. The SMILES string of the molecule is Cc1ccc(/C=C/NC(=O)n2nnc3ccccc32)cc1. The quantitative estimate of drug-likeness (QED) is 0.784. The molecule has 0 aliphatic heterocycles. The molecule has 0 fully saturated rings. The Balaban J connectivity index is 1.73. The third kappa shape index (κ3) is 2.81. The van der Waals surface area contributed by atoms with Gasteiger partial charge in [0.05, 0.1) is 5.52 Å². The van der Waals surface area contributed by atoms with Crippen molar-refractivity contribution in [1.29, 1.82) is 0 Å². The van der Waals surface area contributed by atoms with Crippen molar-refractivity contribution >= 4 is 23.1 Å². The van der Waals surface area contributed by atoms with Crippen molar-refractivity contribution in [3.05, 3.63) is 65.9 Å². The number of aromatic nitrogens is 3. The summed E-state index contributed by atoms with van der Waals surface area (Å²) in [5, 5.41) is 10.5. The molecule has 0 atom stereocenters. The molecule has 3 aromatic rings. The van der Waals surface area contributed by atoms with E-state index in [0.717, 1.165) is 5.56 Å². The molecule has 0 unspecified atom stereocenters. The average Bonchev–Trinajstić information content (AvgIpc) is 2.93. The van der Waals surface area contributed by atoms with Crippen LogP contribution in [0.2, 0.25) is 0 Å². The zero-order chi connectivity index (χ0) is 14.7. The third-order valence-electron chi connectivity index (χ3n) is 3.10. The number of hydrogen-bond acceptors (Lipinski definition) is 3. The molecule has 1 aromatic heterocycles.